The first-order chi connectivity index (χ1) is 38.1. The number of nitrogens with one attached hydrogen (secondary N) is 1. The molecule has 0 aliphatic carbocycles. The molecule has 12 atom stereocenters. The van der Waals surface area contributed by atoms with Crippen molar-refractivity contribution in [1.82, 2.24) is 5.32 Å². The standard InChI is InChI=1S/C64H111NO13/c1-3-5-7-9-11-13-15-17-19-20-21-22-23-24-25-26-27-28-29-30-31-32-34-36-38-40-42-44-46-48-56(69)65-52(53(68)47-45-43-41-39-37-35-33-18-16-14-12-10-8-6-4-2)51-75-63-61(74)59(72)62(55(50-67)77-63)78-64-60(73)58(71)57(70)54(49-66)76-64/h5,7,11,13,17,19,21-22,24-25,37,39,45,47,52-55,57-64,66-68,70-74H,3-4,6,8-10,12,14-16,18,20,23,26-36,38,40-44,46,48-51H2,1-2H3,(H,65,69)/b7-5-,13-11-,19-17-,22-21-,25-24-,39-37+,47-45+. The van der Waals surface area contributed by atoms with Gasteiger partial charge in [-0.1, -0.05) is 221 Å². The van der Waals surface area contributed by atoms with E-state index in [0.717, 1.165) is 70.6 Å². The smallest absolute Gasteiger partial charge is 0.220 e. The lowest BCUT2D eigenvalue weighted by Gasteiger charge is -2.46. The van der Waals surface area contributed by atoms with Crippen LogP contribution in [0.3, 0.4) is 0 Å². The second kappa shape index (κ2) is 48.8. The molecule has 0 saturated carbocycles. The normalized spacial score (nSPS) is 25.2. The molecule has 2 heterocycles. The maximum atomic E-state index is 13.3. The fraction of sp³-hybridized carbons (Fsp3) is 0.766. The molecule has 14 nitrogen and oxygen atoms in total. The molecule has 0 spiro atoms. The highest BCUT2D eigenvalue weighted by molar-refractivity contribution is 5.76. The summed E-state index contributed by atoms with van der Waals surface area (Å²) < 4.78 is 22.8. The maximum Gasteiger partial charge on any atom is 0.220 e. The van der Waals surface area contributed by atoms with Crippen molar-refractivity contribution in [3.8, 4) is 0 Å². The molecule has 0 aromatic rings. The van der Waals surface area contributed by atoms with E-state index in [-0.39, 0.29) is 18.9 Å². The van der Waals surface area contributed by atoms with E-state index in [0.29, 0.717) is 12.8 Å². The lowest BCUT2D eigenvalue weighted by molar-refractivity contribution is -0.359. The van der Waals surface area contributed by atoms with Gasteiger partial charge in [-0.2, -0.15) is 0 Å². The second-order valence-electron chi connectivity index (χ2n) is 21.4. The number of aliphatic hydroxyl groups excluding tert-OH is 8. The molecule has 0 bridgehead atoms. The van der Waals surface area contributed by atoms with Crippen molar-refractivity contribution in [2.45, 2.75) is 293 Å². The highest BCUT2D eigenvalue weighted by Crippen LogP contribution is 2.30. The SMILES string of the molecule is CC/C=C\C/C=C\C/C=C\C/C=C\C/C=C\CCCCCCCCCCCCCCCC(=O)NC(COC1OC(CO)C(OC2OC(CO)C(O)C(O)C2O)C(O)C1O)C(O)/C=C/CC/C=C/CCCCCCCCCCC. The van der Waals surface area contributed by atoms with Crippen LogP contribution in [0.1, 0.15) is 219 Å². The average Bonchev–Trinajstić information content (AvgIpc) is 3.47. The van der Waals surface area contributed by atoms with Crippen LogP contribution in [0.4, 0.5) is 0 Å². The van der Waals surface area contributed by atoms with Crippen molar-refractivity contribution in [1.29, 1.82) is 0 Å². The largest absolute Gasteiger partial charge is 0.394 e. The number of rotatable bonds is 48. The van der Waals surface area contributed by atoms with Crippen LogP contribution >= 0.6 is 0 Å². The predicted molar refractivity (Wildman–Crippen MR) is 313 cm³/mol. The van der Waals surface area contributed by atoms with Crippen molar-refractivity contribution in [3.05, 3.63) is 85.1 Å². The first-order valence-electron chi connectivity index (χ1n) is 30.8. The van der Waals surface area contributed by atoms with Gasteiger partial charge in [-0.05, 0) is 77.0 Å². The third kappa shape index (κ3) is 33.8. The van der Waals surface area contributed by atoms with E-state index in [4.69, 9.17) is 18.9 Å². The molecule has 0 aromatic carbocycles. The van der Waals surface area contributed by atoms with Gasteiger partial charge in [0, 0.05) is 6.42 Å². The molecule has 2 aliphatic rings. The number of allylic oxidation sites excluding steroid dienone is 13. The molecule has 2 saturated heterocycles. The molecule has 14 heteroatoms. The van der Waals surface area contributed by atoms with Crippen LogP contribution in [0.15, 0.2) is 85.1 Å². The minimum Gasteiger partial charge on any atom is -0.394 e. The molecule has 9 N–H and O–H groups in total. The number of ether oxygens (including phenoxy) is 4. The summed E-state index contributed by atoms with van der Waals surface area (Å²) >= 11 is 0. The number of hydrogen-bond donors (Lipinski definition) is 9. The average molecular weight is 1100 g/mol. The molecule has 2 aliphatic heterocycles. The minimum atomic E-state index is -1.79. The van der Waals surface area contributed by atoms with Gasteiger partial charge in [-0.3, -0.25) is 4.79 Å². The van der Waals surface area contributed by atoms with Crippen LogP contribution in [0.5, 0.6) is 0 Å². The van der Waals surface area contributed by atoms with Gasteiger partial charge in [0.25, 0.3) is 0 Å². The zero-order valence-corrected chi connectivity index (χ0v) is 48.4. The third-order valence-electron chi connectivity index (χ3n) is 14.6. The fourth-order valence-electron chi connectivity index (χ4n) is 9.63. The van der Waals surface area contributed by atoms with Gasteiger partial charge < -0.3 is 65.1 Å². The fourth-order valence-corrected chi connectivity index (χ4v) is 9.63. The Kier molecular flexibility index (Phi) is 44.6. The van der Waals surface area contributed by atoms with E-state index in [2.05, 4.69) is 92.1 Å². The maximum absolute atomic E-state index is 13.3. The van der Waals surface area contributed by atoms with Gasteiger partial charge in [-0.25, -0.2) is 0 Å². The van der Waals surface area contributed by atoms with E-state index in [1.165, 1.54) is 116 Å². The monoisotopic (exact) mass is 1100 g/mol. The molecule has 0 radical (unpaired) electrons. The predicted octanol–water partition coefficient (Wildman–Crippen LogP) is 10.9. The van der Waals surface area contributed by atoms with Crippen molar-refractivity contribution in [2.24, 2.45) is 0 Å². The summed E-state index contributed by atoms with van der Waals surface area (Å²) in [7, 11) is 0. The highest BCUT2D eigenvalue weighted by atomic mass is 16.7. The number of carbonyl (C=O) groups is 1. The molecule has 450 valence electrons. The van der Waals surface area contributed by atoms with Crippen LogP contribution in [0.25, 0.3) is 0 Å². The number of aliphatic hydroxyl groups is 8. The van der Waals surface area contributed by atoms with Gasteiger partial charge in [0.15, 0.2) is 12.6 Å². The molecular weight excluding hydrogens is 991 g/mol. The van der Waals surface area contributed by atoms with Crippen molar-refractivity contribution in [2.75, 3.05) is 19.8 Å². The van der Waals surface area contributed by atoms with E-state index in [1.807, 2.05) is 6.08 Å². The summed E-state index contributed by atoms with van der Waals surface area (Å²) in [4.78, 5) is 13.3. The Hall–Kier alpha value is -2.83. The first-order valence-corrected chi connectivity index (χ1v) is 30.8. The Morgan fingerprint density at radius 3 is 1.41 bits per heavy atom. The topological polar surface area (TPSA) is 228 Å². The lowest BCUT2D eigenvalue weighted by atomic mass is 9.97. The summed E-state index contributed by atoms with van der Waals surface area (Å²) in [6, 6.07) is -0.936. The summed E-state index contributed by atoms with van der Waals surface area (Å²) in [5, 5.41) is 87.1. The molecular formula is C64H111NO13. The van der Waals surface area contributed by atoms with Crippen molar-refractivity contribution < 1.29 is 64.6 Å². The van der Waals surface area contributed by atoms with Gasteiger partial charge in [0.2, 0.25) is 5.91 Å². The van der Waals surface area contributed by atoms with E-state index in [9.17, 15) is 45.6 Å². The Bertz CT molecular complexity index is 1630. The summed E-state index contributed by atoms with van der Waals surface area (Å²) in [5.74, 6) is -0.254. The van der Waals surface area contributed by atoms with Crippen molar-refractivity contribution >= 4 is 5.91 Å². The molecule has 0 aromatic heterocycles. The van der Waals surface area contributed by atoms with E-state index in [1.54, 1.807) is 6.08 Å². The van der Waals surface area contributed by atoms with Crippen LogP contribution < -0.4 is 5.32 Å². The Balaban J connectivity index is 1.71. The van der Waals surface area contributed by atoms with Gasteiger partial charge >= 0.3 is 0 Å². The third-order valence-corrected chi connectivity index (χ3v) is 14.6. The van der Waals surface area contributed by atoms with Gasteiger partial charge in [0.1, 0.15) is 48.8 Å². The van der Waals surface area contributed by atoms with Gasteiger partial charge in [0.05, 0.1) is 32.0 Å². The summed E-state index contributed by atoms with van der Waals surface area (Å²) in [5.41, 5.74) is 0. The second-order valence-corrected chi connectivity index (χ2v) is 21.4. The Labute approximate surface area is 471 Å². The van der Waals surface area contributed by atoms with E-state index < -0.39 is 86.8 Å². The summed E-state index contributed by atoms with van der Waals surface area (Å²) in [6.45, 7) is 2.66. The van der Waals surface area contributed by atoms with Crippen LogP contribution in [-0.4, -0.2) is 140 Å². The van der Waals surface area contributed by atoms with Crippen LogP contribution in [-0.2, 0) is 23.7 Å². The zero-order valence-electron chi connectivity index (χ0n) is 48.4. The zero-order chi connectivity index (χ0) is 56.7. The molecule has 2 rings (SSSR count). The van der Waals surface area contributed by atoms with Crippen LogP contribution in [0, 0.1) is 0 Å². The molecule has 1 amide bonds. The lowest BCUT2D eigenvalue weighted by Crippen LogP contribution is -2.65. The minimum absolute atomic E-state index is 0.254. The van der Waals surface area contributed by atoms with Crippen LogP contribution in [0.2, 0.25) is 0 Å². The Morgan fingerprint density at radius 2 is 0.897 bits per heavy atom. The highest BCUT2D eigenvalue weighted by Gasteiger charge is 2.51. The van der Waals surface area contributed by atoms with Crippen molar-refractivity contribution in [3.63, 3.8) is 0 Å². The molecule has 12 unspecified atom stereocenters. The quantitative estimate of drug-likeness (QED) is 0.0204. The Morgan fingerprint density at radius 1 is 0.474 bits per heavy atom. The first kappa shape index (κ1) is 71.3. The summed E-state index contributed by atoms with van der Waals surface area (Å²) in [6.07, 6.45) is 49.1. The van der Waals surface area contributed by atoms with Gasteiger partial charge in [-0.15, -0.1) is 0 Å². The van der Waals surface area contributed by atoms with E-state index >= 15 is 0 Å². The number of unbranched alkanes of at least 4 members (excludes halogenated alkanes) is 23. The number of hydrogen-bond acceptors (Lipinski definition) is 13. The number of carbonyl (C=O) groups excluding carboxylic acids is 1. The molecule has 2 fully saturated rings. The molecule has 78 heavy (non-hydrogen) atoms. The number of amides is 1.